The number of hydrogen-bond acceptors (Lipinski definition) is 5. The summed E-state index contributed by atoms with van der Waals surface area (Å²) in [6.07, 6.45) is 0. The van der Waals surface area contributed by atoms with Crippen molar-refractivity contribution in [1.29, 1.82) is 0 Å². The number of nitrogens with zero attached hydrogens (tertiary/aromatic N) is 1. The fraction of sp³-hybridized carbons (Fsp3) is 0.0833. The summed E-state index contributed by atoms with van der Waals surface area (Å²) in [4.78, 5) is 25.0. The minimum absolute atomic E-state index is 0.0335. The van der Waals surface area contributed by atoms with E-state index in [1.54, 1.807) is 49.4 Å². The van der Waals surface area contributed by atoms with E-state index in [4.69, 9.17) is 4.42 Å². The smallest absolute Gasteiger partial charge is 0.344 e. The molecule has 0 unspecified atom stereocenters. The molecule has 0 aliphatic heterocycles. The predicted molar refractivity (Wildman–Crippen MR) is 119 cm³/mol. The largest absolute Gasteiger partial charge is 0.422 e. The molecule has 0 radical (unpaired) electrons. The Balaban J connectivity index is 1.85. The maximum Gasteiger partial charge on any atom is 0.344 e. The van der Waals surface area contributed by atoms with Crippen LogP contribution in [-0.4, -0.2) is 14.3 Å². The molecule has 6 nitrogen and oxygen atoms in total. The number of hydrogen-bond donors (Lipinski definition) is 0. The molecular formula is C24H19NO5S. The van der Waals surface area contributed by atoms with Gasteiger partial charge in [0.2, 0.25) is 5.91 Å². The minimum Gasteiger partial charge on any atom is -0.422 e. The van der Waals surface area contributed by atoms with Crippen LogP contribution in [0.2, 0.25) is 0 Å². The number of benzene rings is 3. The topological polar surface area (TPSA) is 84.7 Å². The van der Waals surface area contributed by atoms with Crippen molar-refractivity contribution in [3.05, 3.63) is 94.8 Å². The molecule has 0 atom stereocenters. The molecule has 4 rings (SSSR count). The van der Waals surface area contributed by atoms with Gasteiger partial charge in [0.1, 0.15) is 5.58 Å². The third-order valence-electron chi connectivity index (χ3n) is 4.94. The van der Waals surface area contributed by atoms with Crippen LogP contribution in [0.4, 0.5) is 5.69 Å². The summed E-state index contributed by atoms with van der Waals surface area (Å²) in [5, 5.41) is 0.610. The molecule has 3 aromatic carbocycles. The number of carbonyl (C=O) groups is 1. The first-order valence-electron chi connectivity index (χ1n) is 9.54. The van der Waals surface area contributed by atoms with Crippen molar-refractivity contribution in [3.63, 3.8) is 0 Å². The van der Waals surface area contributed by atoms with Crippen molar-refractivity contribution in [2.45, 2.75) is 18.7 Å². The van der Waals surface area contributed by atoms with Gasteiger partial charge >= 0.3 is 5.63 Å². The fourth-order valence-corrected chi connectivity index (χ4v) is 5.13. The highest BCUT2D eigenvalue weighted by Gasteiger charge is 2.30. The first-order chi connectivity index (χ1) is 14.8. The maximum atomic E-state index is 13.2. The third kappa shape index (κ3) is 3.75. The Morgan fingerprint density at radius 1 is 0.903 bits per heavy atom. The molecule has 1 aromatic heterocycles. The number of aryl methyl sites for hydroxylation is 1. The highest BCUT2D eigenvalue weighted by molar-refractivity contribution is 7.93. The van der Waals surface area contributed by atoms with Crippen molar-refractivity contribution >= 4 is 32.6 Å². The summed E-state index contributed by atoms with van der Waals surface area (Å²) in [7, 11) is -4.15. The summed E-state index contributed by atoms with van der Waals surface area (Å²) in [5.41, 5.74) is 1.37. The number of anilines is 1. The van der Waals surface area contributed by atoms with E-state index in [1.807, 2.05) is 18.2 Å². The van der Waals surface area contributed by atoms with Gasteiger partial charge in [-0.05, 0) is 42.3 Å². The lowest BCUT2D eigenvalue weighted by molar-refractivity contribution is -0.115. The van der Waals surface area contributed by atoms with Gasteiger partial charge in [-0.25, -0.2) is 17.5 Å². The van der Waals surface area contributed by atoms with Crippen molar-refractivity contribution in [3.8, 4) is 11.1 Å². The summed E-state index contributed by atoms with van der Waals surface area (Å²) in [6, 6.07) is 21.8. The number of rotatable bonds is 4. The van der Waals surface area contributed by atoms with E-state index in [2.05, 4.69) is 0 Å². The quantitative estimate of drug-likeness (QED) is 0.442. The van der Waals surface area contributed by atoms with Gasteiger partial charge in [-0.2, -0.15) is 0 Å². The van der Waals surface area contributed by atoms with Crippen molar-refractivity contribution < 1.29 is 17.6 Å². The van der Waals surface area contributed by atoms with Gasteiger partial charge in [0.15, 0.2) is 0 Å². The zero-order chi connectivity index (χ0) is 22.2. The van der Waals surface area contributed by atoms with Crippen LogP contribution < -0.4 is 9.93 Å². The monoisotopic (exact) mass is 433 g/mol. The molecule has 1 amide bonds. The van der Waals surface area contributed by atoms with Crippen LogP contribution >= 0.6 is 0 Å². The van der Waals surface area contributed by atoms with Crippen LogP contribution in [0.5, 0.6) is 0 Å². The third-order valence-corrected chi connectivity index (χ3v) is 6.90. The van der Waals surface area contributed by atoms with Crippen LogP contribution in [0.15, 0.2) is 93.0 Å². The molecule has 0 aliphatic rings. The normalized spacial score (nSPS) is 11.4. The summed E-state index contributed by atoms with van der Waals surface area (Å²) < 4.78 is 32.7. The lowest BCUT2D eigenvalue weighted by Gasteiger charge is -2.22. The van der Waals surface area contributed by atoms with E-state index in [9.17, 15) is 18.0 Å². The van der Waals surface area contributed by atoms with Crippen molar-refractivity contribution in [1.82, 2.24) is 0 Å². The number of fused-ring (bicyclic) bond motifs is 1. The lowest BCUT2D eigenvalue weighted by atomic mass is 10.1. The summed E-state index contributed by atoms with van der Waals surface area (Å²) >= 11 is 0. The average molecular weight is 433 g/mol. The molecule has 0 saturated carbocycles. The van der Waals surface area contributed by atoms with Gasteiger partial charge in [0, 0.05) is 18.4 Å². The second-order valence-electron chi connectivity index (χ2n) is 7.09. The Hall–Kier alpha value is -3.71. The standard InChI is InChI=1S/C24H19NO5S/c1-16-8-6-7-11-23(16)31(28,29)25(17(2)26)20-13-12-19-14-21(18-9-4-3-5-10-18)24(27)30-22(19)15-20/h3-15H,1-2H3. The maximum absolute atomic E-state index is 13.2. The highest BCUT2D eigenvalue weighted by Crippen LogP contribution is 2.29. The molecule has 156 valence electrons. The Bertz CT molecular complexity index is 1460. The predicted octanol–water partition coefficient (Wildman–Crippen LogP) is 4.51. The second-order valence-corrected chi connectivity index (χ2v) is 8.84. The van der Waals surface area contributed by atoms with Gasteiger partial charge < -0.3 is 4.42 Å². The Morgan fingerprint density at radius 3 is 2.26 bits per heavy atom. The zero-order valence-electron chi connectivity index (χ0n) is 16.9. The second kappa shape index (κ2) is 7.85. The van der Waals surface area contributed by atoms with Crippen molar-refractivity contribution in [2.24, 2.45) is 0 Å². The number of carbonyl (C=O) groups excluding carboxylic acids is 1. The van der Waals surface area contributed by atoms with E-state index in [1.165, 1.54) is 25.1 Å². The molecule has 7 heteroatoms. The van der Waals surface area contributed by atoms with E-state index in [-0.39, 0.29) is 16.2 Å². The molecule has 0 N–H and O–H groups in total. The van der Waals surface area contributed by atoms with Gasteiger partial charge in [0.05, 0.1) is 16.1 Å². The Morgan fingerprint density at radius 2 is 1.58 bits per heavy atom. The summed E-state index contributed by atoms with van der Waals surface area (Å²) in [6.45, 7) is 2.84. The zero-order valence-corrected chi connectivity index (χ0v) is 17.7. The first kappa shape index (κ1) is 20.6. The fourth-order valence-electron chi connectivity index (χ4n) is 3.48. The van der Waals surface area contributed by atoms with Crippen LogP contribution in [0.3, 0.4) is 0 Å². The summed E-state index contributed by atoms with van der Waals surface area (Å²) in [5.74, 6) is -0.675. The molecule has 4 aromatic rings. The molecular weight excluding hydrogens is 414 g/mol. The van der Waals surface area contributed by atoms with E-state index in [0.717, 1.165) is 9.87 Å². The van der Waals surface area contributed by atoms with Crippen LogP contribution in [0, 0.1) is 6.92 Å². The Kier molecular flexibility index (Phi) is 5.20. The van der Waals surface area contributed by atoms with E-state index >= 15 is 0 Å². The van der Waals surface area contributed by atoms with Crippen LogP contribution in [0.1, 0.15) is 12.5 Å². The highest BCUT2D eigenvalue weighted by atomic mass is 32.2. The minimum atomic E-state index is -4.15. The van der Waals surface area contributed by atoms with Crippen molar-refractivity contribution in [2.75, 3.05) is 4.31 Å². The van der Waals surface area contributed by atoms with Crippen LogP contribution in [0.25, 0.3) is 22.1 Å². The lowest BCUT2D eigenvalue weighted by Crippen LogP contribution is -2.35. The molecule has 0 bridgehead atoms. The van der Waals surface area contributed by atoms with Gasteiger partial charge in [-0.3, -0.25) is 4.79 Å². The van der Waals surface area contributed by atoms with Gasteiger partial charge in [0.25, 0.3) is 10.0 Å². The molecule has 0 spiro atoms. The molecule has 0 fully saturated rings. The first-order valence-corrected chi connectivity index (χ1v) is 11.0. The molecule has 1 heterocycles. The molecule has 0 aliphatic carbocycles. The molecule has 31 heavy (non-hydrogen) atoms. The Labute approximate surface area is 179 Å². The number of amides is 1. The SMILES string of the molecule is CC(=O)N(c1ccc2cc(-c3ccccc3)c(=O)oc2c1)S(=O)(=O)c1ccccc1C. The van der Waals surface area contributed by atoms with Gasteiger partial charge in [-0.1, -0.05) is 48.5 Å². The molecule has 0 saturated heterocycles. The van der Waals surface area contributed by atoms with Gasteiger partial charge in [-0.15, -0.1) is 0 Å². The number of sulfonamides is 1. The van der Waals surface area contributed by atoms with E-state index < -0.39 is 21.6 Å². The van der Waals surface area contributed by atoms with Crippen LogP contribution in [-0.2, 0) is 14.8 Å². The van der Waals surface area contributed by atoms with E-state index in [0.29, 0.717) is 16.5 Å². The average Bonchev–Trinajstić information content (AvgIpc) is 2.73.